The van der Waals surface area contributed by atoms with Crippen LogP contribution in [0.2, 0.25) is 5.02 Å². The molecule has 0 aliphatic carbocycles. The molecule has 2 heterocycles. The first kappa shape index (κ1) is 15.8. The number of carbonyl (C=O) groups is 1. The van der Waals surface area contributed by atoms with Gasteiger partial charge in [-0.1, -0.05) is 30.7 Å². The standard InChI is InChI=1S/C18H25ClN2O/c1-14(15-4-2-5-16(19)12-15)13-20-10-7-17(8-11-20)21-9-3-6-18(21)22/h2,4-5,12,14,17H,3,6-11,13H2,1H3/t14-/m0/s1. The Morgan fingerprint density at radius 2 is 2.05 bits per heavy atom. The molecule has 1 aromatic rings. The Balaban J connectivity index is 1.50. The van der Waals surface area contributed by atoms with E-state index in [1.54, 1.807) is 0 Å². The topological polar surface area (TPSA) is 23.6 Å². The lowest BCUT2D eigenvalue weighted by Gasteiger charge is -2.37. The predicted molar refractivity (Wildman–Crippen MR) is 90.3 cm³/mol. The molecule has 1 atom stereocenters. The van der Waals surface area contributed by atoms with Crippen LogP contribution in [0.15, 0.2) is 24.3 Å². The van der Waals surface area contributed by atoms with Crippen LogP contribution in [0.3, 0.4) is 0 Å². The van der Waals surface area contributed by atoms with Gasteiger partial charge in [-0.15, -0.1) is 0 Å². The lowest BCUT2D eigenvalue weighted by Crippen LogP contribution is -2.46. The third-order valence-corrected chi connectivity index (χ3v) is 5.29. The predicted octanol–water partition coefficient (Wildman–Crippen LogP) is 3.53. The smallest absolute Gasteiger partial charge is 0.222 e. The highest BCUT2D eigenvalue weighted by molar-refractivity contribution is 6.30. The number of carbonyl (C=O) groups excluding carboxylic acids is 1. The van der Waals surface area contributed by atoms with Crippen molar-refractivity contribution >= 4 is 17.5 Å². The molecular formula is C18H25ClN2O. The van der Waals surface area contributed by atoms with Crippen molar-refractivity contribution in [2.45, 2.75) is 44.6 Å². The molecule has 0 saturated carbocycles. The minimum absolute atomic E-state index is 0.366. The van der Waals surface area contributed by atoms with Crippen molar-refractivity contribution in [3.63, 3.8) is 0 Å². The molecule has 3 rings (SSSR count). The fourth-order valence-electron chi connectivity index (χ4n) is 3.77. The van der Waals surface area contributed by atoms with Crippen LogP contribution in [0.25, 0.3) is 0 Å². The van der Waals surface area contributed by atoms with Gasteiger partial charge in [0.15, 0.2) is 0 Å². The molecular weight excluding hydrogens is 296 g/mol. The first-order chi connectivity index (χ1) is 10.6. The Labute approximate surface area is 138 Å². The van der Waals surface area contributed by atoms with Gasteiger partial charge in [-0.3, -0.25) is 4.79 Å². The molecule has 2 aliphatic heterocycles. The van der Waals surface area contributed by atoms with Crippen LogP contribution < -0.4 is 0 Å². The van der Waals surface area contributed by atoms with E-state index < -0.39 is 0 Å². The number of hydrogen-bond donors (Lipinski definition) is 0. The highest BCUT2D eigenvalue weighted by atomic mass is 35.5. The van der Waals surface area contributed by atoms with E-state index in [2.05, 4.69) is 28.9 Å². The van der Waals surface area contributed by atoms with Crippen LogP contribution in [0.1, 0.15) is 44.1 Å². The van der Waals surface area contributed by atoms with Crippen molar-refractivity contribution in [1.82, 2.24) is 9.80 Å². The zero-order valence-electron chi connectivity index (χ0n) is 13.3. The number of halogens is 1. The van der Waals surface area contributed by atoms with E-state index in [1.807, 2.05) is 12.1 Å². The van der Waals surface area contributed by atoms with Crippen molar-refractivity contribution in [2.75, 3.05) is 26.2 Å². The first-order valence-electron chi connectivity index (χ1n) is 8.41. The van der Waals surface area contributed by atoms with Gasteiger partial charge >= 0.3 is 0 Å². The Hall–Kier alpha value is -1.06. The molecule has 0 N–H and O–H groups in total. The second kappa shape index (κ2) is 7.01. The summed E-state index contributed by atoms with van der Waals surface area (Å²) < 4.78 is 0. The van der Waals surface area contributed by atoms with E-state index in [9.17, 15) is 4.79 Å². The Kier molecular flexibility index (Phi) is 5.04. The molecule has 120 valence electrons. The summed E-state index contributed by atoms with van der Waals surface area (Å²) in [6, 6.07) is 8.66. The van der Waals surface area contributed by atoms with Gasteiger partial charge in [0, 0.05) is 43.7 Å². The Bertz CT molecular complexity index is 526. The molecule has 0 bridgehead atoms. The van der Waals surface area contributed by atoms with Crippen LogP contribution in [-0.2, 0) is 4.79 Å². The average molecular weight is 321 g/mol. The molecule has 1 aromatic carbocycles. The lowest BCUT2D eigenvalue weighted by atomic mass is 9.98. The number of piperidine rings is 1. The van der Waals surface area contributed by atoms with Gasteiger partial charge in [0.1, 0.15) is 0 Å². The van der Waals surface area contributed by atoms with Crippen LogP contribution in [0, 0.1) is 0 Å². The fourth-order valence-corrected chi connectivity index (χ4v) is 3.97. The average Bonchev–Trinajstić information content (AvgIpc) is 2.94. The van der Waals surface area contributed by atoms with E-state index >= 15 is 0 Å². The molecule has 22 heavy (non-hydrogen) atoms. The van der Waals surface area contributed by atoms with E-state index in [0.717, 1.165) is 56.9 Å². The van der Waals surface area contributed by atoms with Gasteiger partial charge in [0.05, 0.1) is 0 Å². The molecule has 1 amide bonds. The molecule has 0 unspecified atom stereocenters. The van der Waals surface area contributed by atoms with Crippen LogP contribution in [0.4, 0.5) is 0 Å². The second-order valence-corrected chi connectivity index (χ2v) is 7.11. The molecule has 3 nitrogen and oxygen atoms in total. The maximum absolute atomic E-state index is 11.8. The highest BCUT2D eigenvalue weighted by Gasteiger charge is 2.30. The van der Waals surface area contributed by atoms with Crippen molar-refractivity contribution in [2.24, 2.45) is 0 Å². The van der Waals surface area contributed by atoms with Crippen LogP contribution in [0.5, 0.6) is 0 Å². The maximum atomic E-state index is 11.8. The summed E-state index contributed by atoms with van der Waals surface area (Å²) in [5.41, 5.74) is 1.31. The van der Waals surface area contributed by atoms with Crippen molar-refractivity contribution in [3.05, 3.63) is 34.9 Å². The van der Waals surface area contributed by atoms with E-state index in [4.69, 9.17) is 11.6 Å². The minimum atomic E-state index is 0.366. The molecule has 0 radical (unpaired) electrons. The molecule has 0 spiro atoms. The number of rotatable bonds is 4. The van der Waals surface area contributed by atoms with E-state index in [-0.39, 0.29) is 0 Å². The summed E-state index contributed by atoms with van der Waals surface area (Å²) in [6.45, 7) is 6.50. The van der Waals surface area contributed by atoms with Gasteiger partial charge in [-0.05, 0) is 42.9 Å². The van der Waals surface area contributed by atoms with E-state index in [0.29, 0.717) is 17.9 Å². The second-order valence-electron chi connectivity index (χ2n) is 6.68. The van der Waals surface area contributed by atoms with Gasteiger partial charge in [-0.2, -0.15) is 0 Å². The van der Waals surface area contributed by atoms with Crippen LogP contribution in [-0.4, -0.2) is 47.9 Å². The van der Waals surface area contributed by atoms with Gasteiger partial charge < -0.3 is 9.80 Å². The van der Waals surface area contributed by atoms with Crippen molar-refractivity contribution in [1.29, 1.82) is 0 Å². The largest absolute Gasteiger partial charge is 0.340 e. The zero-order chi connectivity index (χ0) is 15.5. The van der Waals surface area contributed by atoms with Crippen LogP contribution >= 0.6 is 11.6 Å². The molecule has 2 aliphatic rings. The molecule has 2 fully saturated rings. The normalized spacial score (nSPS) is 22.3. The molecule has 2 saturated heterocycles. The first-order valence-corrected chi connectivity index (χ1v) is 8.78. The maximum Gasteiger partial charge on any atom is 0.222 e. The van der Waals surface area contributed by atoms with Gasteiger partial charge in [-0.25, -0.2) is 0 Å². The number of nitrogens with zero attached hydrogens (tertiary/aromatic N) is 2. The van der Waals surface area contributed by atoms with E-state index in [1.165, 1.54) is 5.56 Å². The SMILES string of the molecule is C[C@@H](CN1CCC(N2CCCC2=O)CC1)c1cccc(Cl)c1. The summed E-state index contributed by atoms with van der Waals surface area (Å²) in [5.74, 6) is 0.856. The van der Waals surface area contributed by atoms with Gasteiger partial charge in [0.25, 0.3) is 0 Å². The Morgan fingerprint density at radius 3 is 2.68 bits per heavy atom. The summed E-state index contributed by atoms with van der Waals surface area (Å²) in [4.78, 5) is 16.5. The number of benzene rings is 1. The Morgan fingerprint density at radius 1 is 1.27 bits per heavy atom. The summed E-state index contributed by atoms with van der Waals surface area (Å²) in [6.07, 6.45) is 4.04. The third-order valence-electron chi connectivity index (χ3n) is 5.06. The van der Waals surface area contributed by atoms with Gasteiger partial charge in [0.2, 0.25) is 5.91 Å². The lowest BCUT2D eigenvalue weighted by molar-refractivity contribution is -0.130. The number of likely N-dealkylation sites (tertiary alicyclic amines) is 2. The monoisotopic (exact) mass is 320 g/mol. The fraction of sp³-hybridized carbons (Fsp3) is 0.611. The van der Waals surface area contributed by atoms with Crippen molar-refractivity contribution in [3.8, 4) is 0 Å². The summed E-state index contributed by atoms with van der Waals surface area (Å²) in [7, 11) is 0. The van der Waals surface area contributed by atoms with Crippen molar-refractivity contribution < 1.29 is 4.79 Å². The highest BCUT2D eigenvalue weighted by Crippen LogP contribution is 2.25. The number of amides is 1. The quantitative estimate of drug-likeness (QED) is 0.847. The summed E-state index contributed by atoms with van der Waals surface area (Å²) in [5, 5.41) is 0.815. The molecule has 0 aromatic heterocycles. The third kappa shape index (κ3) is 3.64. The molecule has 4 heteroatoms. The zero-order valence-corrected chi connectivity index (χ0v) is 14.1. The number of hydrogen-bond acceptors (Lipinski definition) is 2. The summed E-state index contributed by atoms with van der Waals surface area (Å²) >= 11 is 6.09. The minimum Gasteiger partial charge on any atom is -0.340 e.